The molecular weight excluding hydrogens is 386 g/mol. The fourth-order valence-corrected chi connectivity index (χ4v) is 5.53. The Morgan fingerprint density at radius 1 is 1.06 bits per heavy atom. The number of nitrogens with zero attached hydrogens (tertiary/aromatic N) is 3. The summed E-state index contributed by atoms with van der Waals surface area (Å²) in [5, 5.41) is 4.36. The van der Waals surface area contributed by atoms with E-state index in [1.54, 1.807) is 0 Å². The highest BCUT2D eigenvalue weighted by Crippen LogP contribution is 2.41. The molecule has 3 aromatic rings. The molecule has 1 unspecified atom stereocenters. The molecule has 5 heteroatoms. The van der Waals surface area contributed by atoms with Gasteiger partial charge in [0.25, 0.3) is 0 Å². The average Bonchev–Trinajstić information content (AvgIpc) is 3.20. The average molecular weight is 418 g/mol. The Hall–Kier alpha value is -2.66. The predicted molar refractivity (Wildman–Crippen MR) is 121 cm³/mol. The number of carbonyl (C=O) groups excluding carboxylic acids is 1. The Bertz CT molecular complexity index is 1020. The highest BCUT2D eigenvalue weighted by molar-refractivity contribution is 5.88. The van der Waals surface area contributed by atoms with Crippen molar-refractivity contribution in [3.8, 4) is 0 Å². The van der Waals surface area contributed by atoms with Gasteiger partial charge in [0.2, 0.25) is 5.91 Å². The van der Waals surface area contributed by atoms with Crippen LogP contribution in [-0.2, 0) is 21.4 Å². The molecule has 2 fully saturated rings. The van der Waals surface area contributed by atoms with Crippen molar-refractivity contribution >= 4 is 11.4 Å². The van der Waals surface area contributed by atoms with Crippen LogP contribution in [0, 0.1) is 5.92 Å². The number of rotatable bonds is 4. The maximum atomic E-state index is 14.1. The van der Waals surface area contributed by atoms with Gasteiger partial charge in [-0.3, -0.25) is 4.79 Å². The van der Waals surface area contributed by atoms with E-state index < -0.39 is 0 Å². The molecule has 2 aromatic heterocycles. The van der Waals surface area contributed by atoms with Gasteiger partial charge in [0.15, 0.2) is 0 Å². The van der Waals surface area contributed by atoms with Crippen molar-refractivity contribution in [1.29, 1.82) is 0 Å². The molecule has 1 aliphatic heterocycles. The Balaban J connectivity index is 1.39. The molecule has 5 nitrogen and oxygen atoms in total. The molecule has 1 aliphatic carbocycles. The first kappa shape index (κ1) is 20.3. The molecule has 0 spiro atoms. The fraction of sp³-hybridized carbons (Fsp3) is 0.462. The van der Waals surface area contributed by atoms with Crippen LogP contribution < -0.4 is 0 Å². The third-order valence-corrected chi connectivity index (χ3v) is 7.10. The molecule has 31 heavy (non-hydrogen) atoms. The zero-order chi connectivity index (χ0) is 21.1. The highest BCUT2D eigenvalue weighted by atomic mass is 16.5. The monoisotopic (exact) mass is 417 g/mol. The van der Waals surface area contributed by atoms with Gasteiger partial charge in [-0.15, -0.1) is 0 Å². The molecule has 2 aliphatic rings. The van der Waals surface area contributed by atoms with Crippen molar-refractivity contribution in [2.75, 3.05) is 26.3 Å². The zero-order valence-corrected chi connectivity index (χ0v) is 18.1. The van der Waals surface area contributed by atoms with E-state index in [0.717, 1.165) is 44.2 Å². The van der Waals surface area contributed by atoms with E-state index in [1.165, 1.54) is 17.5 Å². The van der Waals surface area contributed by atoms with Gasteiger partial charge in [0, 0.05) is 31.4 Å². The molecule has 0 N–H and O–H groups in total. The maximum Gasteiger partial charge on any atom is 0.233 e. The standard InChI is InChI=1S/C26H31N3O2/c30-25(26(12-5-2-6-13-26)23-9-3-1-4-10-23)28-16-17-31-20-21(19-28)18-22-8-7-15-29-24(22)11-14-27-29/h1,3-4,7-11,14-15,21H,2,5-6,12-13,16-20H2. The van der Waals surface area contributed by atoms with Gasteiger partial charge in [-0.1, -0.05) is 55.7 Å². The van der Waals surface area contributed by atoms with Gasteiger partial charge in [-0.2, -0.15) is 5.10 Å². The number of carbonyl (C=O) groups is 1. The summed E-state index contributed by atoms with van der Waals surface area (Å²) in [5.41, 5.74) is 3.21. The first-order chi connectivity index (χ1) is 15.3. The van der Waals surface area contributed by atoms with Gasteiger partial charge in [-0.05, 0) is 42.5 Å². The molecule has 1 atom stereocenters. The molecular formula is C26H31N3O2. The maximum absolute atomic E-state index is 14.1. The van der Waals surface area contributed by atoms with E-state index in [4.69, 9.17) is 4.74 Å². The SMILES string of the molecule is O=C(N1CCOCC(Cc2cccn3nccc23)C1)C1(c2ccccc2)CCCCC1. The first-order valence-electron chi connectivity index (χ1n) is 11.6. The Morgan fingerprint density at radius 2 is 1.90 bits per heavy atom. The van der Waals surface area contributed by atoms with Crippen LogP contribution in [-0.4, -0.2) is 46.7 Å². The van der Waals surface area contributed by atoms with Crippen molar-refractivity contribution in [3.63, 3.8) is 0 Å². The van der Waals surface area contributed by atoms with E-state index in [2.05, 4.69) is 46.4 Å². The fourth-order valence-electron chi connectivity index (χ4n) is 5.53. The van der Waals surface area contributed by atoms with Crippen molar-refractivity contribution < 1.29 is 9.53 Å². The lowest BCUT2D eigenvalue weighted by Crippen LogP contribution is -2.50. The molecule has 1 amide bonds. The van der Waals surface area contributed by atoms with Crippen molar-refractivity contribution in [1.82, 2.24) is 14.5 Å². The molecule has 0 bridgehead atoms. The zero-order valence-electron chi connectivity index (χ0n) is 18.1. The van der Waals surface area contributed by atoms with Crippen LogP contribution in [0.2, 0.25) is 0 Å². The lowest BCUT2D eigenvalue weighted by atomic mass is 9.68. The normalized spacial score (nSPS) is 21.7. The first-order valence-corrected chi connectivity index (χ1v) is 11.6. The molecule has 162 valence electrons. The topological polar surface area (TPSA) is 46.8 Å². The minimum Gasteiger partial charge on any atom is -0.379 e. The van der Waals surface area contributed by atoms with Crippen LogP contribution >= 0.6 is 0 Å². The molecule has 3 heterocycles. The number of pyridine rings is 1. The molecule has 1 aromatic carbocycles. The summed E-state index contributed by atoms with van der Waals surface area (Å²) in [7, 11) is 0. The third kappa shape index (κ3) is 3.99. The van der Waals surface area contributed by atoms with Crippen LogP contribution in [0.25, 0.3) is 5.52 Å². The minimum absolute atomic E-state index is 0.281. The van der Waals surface area contributed by atoms with Crippen LogP contribution in [0.1, 0.15) is 43.2 Å². The van der Waals surface area contributed by atoms with Gasteiger partial charge < -0.3 is 9.64 Å². The summed E-state index contributed by atoms with van der Waals surface area (Å²) >= 11 is 0. The Labute approximate surface area is 184 Å². The van der Waals surface area contributed by atoms with Crippen molar-refractivity contribution in [3.05, 3.63) is 72.1 Å². The van der Waals surface area contributed by atoms with E-state index in [-0.39, 0.29) is 11.3 Å². The van der Waals surface area contributed by atoms with Gasteiger partial charge in [-0.25, -0.2) is 4.52 Å². The summed E-state index contributed by atoms with van der Waals surface area (Å²) in [6.07, 6.45) is 10.1. The number of benzene rings is 1. The minimum atomic E-state index is -0.375. The van der Waals surface area contributed by atoms with Gasteiger partial charge in [0.1, 0.15) is 0 Å². The van der Waals surface area contributed by atoms with Gasteiger partial charge in [0.05, 0.1) is 24.1 Å². The highest BCUT2D eigenvalue weighted by Gasteiger charge is 2.44. The van der Waals surface area contributed by atoms with E-state index in [1.807, 2.05) is 29.0 Å². The Kier molecular flexibility index (Phi) is 5.77. The predicted octanol–water partition coefficient (Wildman–Crippen LogP) is 4.25. The Morgan fingerprint density at radius 3 is 2.74 bits per heavy atom. The number of hydrogen-bond acceptors (Lipinski definition) is 3. The van der Waals surface area contributed by atoms with Crippen LogP contribution in [0.5, 0.6) is 0 Å². The largest absolute Gasteiger partial charge is 0.379 e. The third-order valence-electron chi connectivity index (χ3n) is 7.10. The molecule has 1 saturated carbocycles. The second-order valence-corrected chi connectivity index (χ2v) is 9.10. The molecule has 0 radical (unpaired) electrons. The van der Waals surface area contributed by atoms with Crippen molar-refractivity contribution in [2.45, 2.75) is 43.9 Å². The summed E-state index contributed by atoms with van der Waals surface area (Å²) in [5.74, 6) is 0.584. The van der Waals surface area contributed by atoms with E-state index in [0.29, 0.717) is 25.7 Å². The summed E-state index contributed by atoms with van der Waals surface area (Å²) in [6, 6.07) is 16.7. The summed E-state index contributed by atoms with van der Waals surface area (Å²) in [4.78, 5) is 16.2. The van der Waals surface area contributed by atoms with Crippen molar-refractivity contribution in [2.24, 2.45) is 5.92 Å². The summed E-state index contributed by atoms with van der Waals surface area (Å²) < 4.78 is 7.88. The van der Waals surface area contributed by atoms with Gasteiger partial charge >= 0.3 is 0 Å². The number of fused-ring (bicyclic) bond motifs is 1. The van der Waals surface area contributed by atoms with Crippen LogP contribution in [0.3, 0.4) is 0 Å². The van der Waals surface area contributed by atoms with E-state index >= 15 is 0 Å². The molecule has 1 saturated heterocycles. The second kappa shape index (κ2) is 8.83. The van der Waals surface area contributed by atoms with Crippen LogP contribution in [0.15, 0.2) is 60.9 Å². The number of aromatic nitrogens is 2. The number of amides is 1. The lowest BCUT2D eigenvalue weighted by molar-refractivity contribution is -0.139. The smallest absolute Gasteiger partial charge is 0.233 e. The number of hydrogen-bond donors (Lipinski definition) is 0. The summed E-state index contributed by atoms with van der Waals surface area (Å²) in [6.45, 7) is 2.74. The lowest BCUT2D eigenvalue weighted by Gasteiger charge is -2.40. The van der Waals surface area contributed by atoms with E-state index in [9.17, 15) is 4.79 Å². The molecule has 5 rings (SSSR count). The quantitative estimate of drug-likeness (QED) is 0.637. The number of ether oxygens (including phenoxy) is 1. The van der Waals surface area contributed by atoms with Crippen LogP contribution in [0.4, 0.5) is 0 Å². The second-order valence-electron chi connectivity index (χ2n) is 9.10.